The van der Waals surface area contributed by atoms with Crippen molar-refractivity contribution < 1.29 is 9.59 Å². The SMILES string of the molecule is CC(=O)NC(C(=O)N1CCNCC1)C(C)C. The van der Waals surface area contributed by atoms with Crippen LogP contribution in [-0.2, 0) is 9.59 Å². The summed E-state index contributed by atoms with van der Waals surface area (Å²) in [5, 5.41) is 5.92. The quantitative estimate of drug-likeness (QED) is 0.688. The van der Waals surface area contributed by atoms with Crippen molar-refractivity contribution in [3.05, 3.63) is 0 Å². The van der Waals surface area contributed by atoms with Gasteiger partial charge < -0.3 is 15.5 Å². The summed E-state index contributed by atoms with van der Waals surface area (Å²) in [6.07, 6.45) is 0. The molecule has 0 bridgehead atoms. The molecule has 0 radical (unpaired) electrons. The number of rotatable bonds is 3. The van der Waals surface area contributed by atoms with Crippen LogP contribution in [0.2, 0.25) is 0 Å². The molecule has 16 heavy (non-hydrogen) atoms. The zero-order valence-electron chi connectivity index (χ0n) is 10.2. The Morgan fingerprint density at radius 1 is 1.25 bits per heavy atom. The molecule has 1 saturated heterocycles. The minimum atomic E-state index is -0.393. The van der Waals surface area contributed by atoms with Crippen LogP contribution in [0.5, 0.6) is 0 Å². The third-order valence-electron chi connectivity index (χ3n) is 2.72. The minimum absolute atomic E-state index is 0.0340. The number of nitrogens with one attached hydrogen (secondary N) is 2. The molecular formula is C11H21N3O2. The summed E-state index contributed by atoms with van der Waals surface area (Å²) >= 11 is 0. The van der Waals surface area contributed by atoms with E-state index >= 15 is 0 Å². The Labute approximate surface area is 96.6 Å². The molecule has 2 amide bonds. The molecule has 0 spiro atoms. The van der Waals surface area contributed by atoms with E-state index in [2.05, 4.69) is 10.6 Å². The fourth-order valence-electron chi connectivity index (χ4n) is 1.81. The van der Waals surface area contributed by atoms with Crippen LogP contribution in [0.4, 0.5) is 0 Å². The molecule has 5 heteroatoms. The van der Waals surface area contributed by atoms with Gasteiger partial charge in [0.15, 0.2) is 0 Å². The van der Waals surface area contributed by atoms with Gasteiger partial charge in [0.2, 0.25) is 11.8 Å². The average Bonchev–Trinajstić information content (AvgIpc) is 2.25. The monoisotopic (exact) mass is 227 g/mol. The lowest BCUT2D eigenvalue weighted by atomic mass is 10.0. The van der Waals surface area contributed by atoms with Gasteiger partial charge in [-0.15, -0.1) is 0 Å². The van der Waals surface area contributed by atoms with Crippen LogP contribution in [-0.4, -0.2) is 48.9 Å². The summed E-state index contributed by atoms with van der Waals surface area (Å²) in [7, 11) is 0. The van der Waals surface area contributed by atoms with E-state index in [1.54, 1.807) is 0 Å². The normalized spacial score (nSPS) is 18.4. The molecule has 0 saturated carbocycles. The molecule has 1 heterocycles. The lowest BCUT2D eigenvalue weighted by Gasteiger charge is -2.32. The Bertz CT molecular complexity index is 260. The third kappa shape index (κ3) is 3.48. The number of nitrogens with zero attached hydrogens (tertiary/aromatic N) is 1. The van der Waals surface area contributed by atoms with Crippen LogP contribution >= 0.6 is 0 Å². The van der Waals surface area contributed by atoms with E-state index in [0.717, 1.165) is 26.2 Å². The number of carbonyl (C=O) groups excluding carboxylic acids is 2. The highest BCUT2D eigenvalue weighted by Crippen LogP contribution is 2.07. The van der Waals surface area contributed by atoms with E-state index < -0.39 is 6.04 Å². The van der Waals surface area contributed by atoms with E-state index in [0.29, 0.717) is 0 Å². The van der Waals surface area contributed by atoms with Crippen molar-refractivity contribution in [2.24, 2.45) is 5.92 Å². The Hall–Kier alpha value is -1.10. The molecule has 1 aliphatic heterocycles. The molecule has 0 aliphatic carbocycles. The average molecular weight is 227 g/mol. The van der Waals surface area contributed by atoms with Gasteiger partial charge in [0.1, 0.15) is 6.04 Å². The van der Waals surface area contributed by atoms with Crippen molar-refractivity contribution in [2.75, 3.05) is 26.2 Å². The molecule has 2 N–H and O–H groups in total. The van der Waals surface area contributed by atoms with Crippen LogP contribution in [0.15, 0.2) is 0 Å². The van der Waals surface area contributed by atoms with Gasteiger partial charge in [-0.05, 0) is 5.92 Å². The summed E-state index contributed by atoms with van der Waals surface area (Å²) in [5.74, 6) is 0.000158. The summed E-state index contributed by atoms with van der Waals surface area (Å²) in [6.45, 7) is 8.44. The van der Waals surface area contributed by atoms with Crippen molar-refractivity contribution in [2.45, 2.75) is 26.8 Å². The van der Waals surface area contributed by atoms with Crippen molar-refractivity contribution >= 4 is 11.8 Å². The second-order valence-corrected chi connectivity index (χ2v) is 4.50. The molecule has 5 nitrogen and oxygen atoms in total. The van der Waals surface area contributed by atoms with Crippen LogP contribution < -0.4 is 10.6 Å². The van der Waals surface area contributed by atoms with Crippen molar-refractivity contribution in [3.8, 4) is 0 Å². The zero-order valence-corrected chi connectivity index (χ0v) is 10.2. The summed E-state index contributed by atoms with van der Waals surface area (Å²) in [6, 6.07) is -0.393. The van der Waals surface area contributed by atoms with Gasteiger partial charge in [0.05, 0.1) is 0 Å². The van der Waals surface area contributed by atoms with Gasteiger partial charge in [-0.25, -0.2) is 0 Å². The molecule has 1 rings (SSSR count). The van der Waals surface area contributed by atoms with E-state index in [1.165, 1.54) is 6.92 Å². The fourth-order valence-corrected chi connectivity index (χ4v) is 1.81. The van der Waals surface area contributed by atoms with Gasteiger partial charge >= 0.3 is 0 Å². The van der Waals surface area contributed by atoms with E-state index in [-0.39, 0.29) is 17.7 Å². The lowest BCUT2D eigenvalue weighted by molar-refractivity contribution is -0.137. The number of hydrogen-bond donors (Lipinski definition) is 2. The predicted molar refractivity (Wildman–Crippen MR) is 61.9 cm³/mol. The smallest absolute Gasteiger partial charge is 0.245 e. The number of hydrogen-bond acceptors (Lipinski definition) is 3. The molecule has 1 aliphatic rings. The minimum Gasteiger partial charge on any atom is -0.344 e. The molecule has 0 aromatic rings. The summed E-state index contributed by atoms with van der Waals surface area (Å²) in [5.41, 5.74) is 0. The highest BCUT2D eigenvalue weighted by molar-refractivity contribution is 5.87. The first-order valence-corrected chi connectivity index (χ1v) is 5.79. The van der Waals surface area contributed by atoms with Gasteiger partial charge in [-0.1, -0.05) is 13.8 Å². The predicted octanol–water partition coefficient (Wildman–Crippen LogP) is -0.421. The molecule has 1 unspecified atom stereocenters. The third-order valence-corrected chi connectivity index (χ3v) is 2.72. The van der Waals surface area contributed by atoms with E-state index in [1.807, 2.05) is 18.7 Å². The fraction of sp³-hybridized carbons (Fsp3) is 0.818. The van der Waals surface area contributed by atoms with Gasteiger partial charge in [0.25, 0.3) is 0 Å². The first-order chi connectivity index (χ1) is 7.52. The standard InChI is InChI=1S/C11H21N3O2/c1-8(2)10(13-9(3)15)11(16)14-6-4-12-5-7-14/h8,10,12H,4-7H2,1-3H3,(H,13,15). The number of amides is 2. The highest BCUT2D eigenvalue weighted by Gasteiger charge is 2.28. The van der Waals surface area contributed by atoms with Crippen molar-refractivity contribution in [1.29, 1.82) is 0 Å². The molecular weight excluding hydrogens is 206 g/mol. The van der Waals surface area contributed by atoms with Crippen LogP contribution in [0.25, 0.3) is 0 Å². The van der Waals surface area contributed by atoms with Gasteiger partial charge in [-0.2, -0.15) is 0 Å². The molecule has 0 aromatic carbocycles. The van der Waals surface area contributed by atoms with E-state index in [4.69, 9.17) is 0 Å². The molecule has 1 atom stereocenters. The van der Waals surface area contributed by atoms with Crippen LogP contribution in [0.1, 0.15) is 20.8 Å². The Balaban J connectivity index is 2.61. The Morgan fingerprint density at radius 2 is 1.81 bits per heavy atom. The molecule has 0 aromatic heterocycles. The van der Waals surface area contributed by atoms with Gasteiger partial charge in [-0.3, -0.25) is 9.59 Å². The highest BCUT2D eigenvalue weighted by atomic mass is 16.2. The molecule has 92 valence electrons. The van der Waals surface area contributed by atoms with Gasteiger partial charge in [0, 0.05) is 33.1 Å². The second kappa shape index (κ2) is 5.84. The maximum absolute atomic E-state index is 12.2. The number of carbonyl (C=O) groups is 2. The first-order valence-electron chi connectivity index (χ1n) is 5.79. The zero-order chi connectivity index (χ0) is 12.1. The Kier molecular flexibility index (Phi) is 4.73. The van der Waals surface area contributed by atoms with Crippen LogP contribution in [0, 0.1) is 5.92 Å². The number of piperazine rings is 1. The van der Waals surface area contributed by atoms with E-state index in [9.17, 15) is 9.59 Å². The summed E-state index contributed by atoms with van der Waals surface area (Å²) < 4.78 is 0. The Morgan fingerprint density at radius 3 is 2.25 bits per heavy atom. The summed E-state index contributed by atoms with van der Waals surface area (Å²) in [4.78, 5) is 25.0. The van der Waals surface area contributed by atoms with Crippen molar-refractivity contribution in [3.63, 3.8) is 0 Å². The first kappa shape index (κ1) is 13.0. The maximum Gasteiger partial charge on any atom is 0.245 e. The van der Waals surface area contributed by atoms with Crippen molar-refractivity contribution in [1.82, 2.24) is 15.5 Å². The topological polar surface area (TPSA) is 61.4 Å². The lowest BCUT2D eigenvalue weighted by Crippen LogP contribution is -2.55. The second-order valence-electron chi connectivity index (χ2n) is 4.50. The molecule has 1 fully saturated rings. The maximum atomic E-state index is 12.2. The van der Waals surface area contributed by atoms with Crippen LogP contribution in [0.3, 0.4) is 0 Å². The largest absolute Gasteiger partial charge is 0.344 e.